The van der Waals surface area contributed by atoms with Gasteiger partial charge in [-0.1, -0.05) is 36.4 Å². The largest absolute Gasteiger partial charge is 0.378 e. The van der Waals surface area contributed by atoms with Gasteiger partial charge in [0.2, 0.25) is 5.91 Å². The Hall–Kier alpha value is -3.25. The quantitative estimate of drug-likeness (QED) is 0.687. The third-order valence-corrected chi connectivity index (χ3v) is 5.36. The second kappa shape index (κ2) is 9.50. The minimum atomic E-state index is -0.00333. The average molecular weight is 403 g/mol. The van der Waals surface area contributed by atoms with Gasteiger partial charge in [0.1, 0.15) is 0 Å². The molecule has 2 aromatic carbocycles. The first kappa shape index (κ1) is 20.0. The maximum absolute atomic E-state index is 12.5. The number of morpholine rings is 1. The van der Waals surface area contributed by atoms with Crippen LogP contribution in [0.25, 0.3) is 10.8 Å². The SMILES string of the molecule is O=C(CCc1cncc2ccccc12)NCc1ccc(C(=O)N2CCOCC2)cc1. The van der Waals surface area contributed by atoms with E-state index in [0.29, 0.717) is 51.3 Å². The van der Waals surface area contributed by atoms with Gasteiger partial charge in [-0.3, -0.25) is 14.6 Å². The average Bonchev–Trinajstić information content (AvgIpc) is 2.82. The number of aryl methyl sites for hydroxylation is 1. The zero-order chi connectivity index (χ0) is 20.8. The highest BCUT2D eigenvalue weighted by Crippen LogP contribution is 2.18. The maximum atomic E-state index is 12.5. The fourth-order valence-electron chi connectivity index (χ4n) is 3.63. The van der Waals surface area contributed by atoms with Crippen molar-refractivity contribution in [2.75, 3.05) is 26.3 Å². The molecular formula is C24H25N3O3. The van der Waals surface area contributed by atoms with Crippen LogP contribution in [0.2, 0.25) is 0 Å². The van der Waals surface area contributed by atoms with Crippen LogP contribution in [-0.2, 0) is 22.5 Å². The van der Waals surface area contributed by atoms with Gasteiger partial charge >= 0.3 is 0 Å². The molecule has 2 amide bonds. The van der Waals surface area contributed by atoms with E-state index in [1.165, 1.54) is 0 Å². The van der Waals surface area contributed by atoms with E-state index in [9.17, 15) is 9.59 Å². The molecular weight excluding hydrogens is 378 g/mol. The highest BCUT2D eigenvalue weighted by Gasteiger charge is 2.18. The van der Waals surface area contributed by atoms with Crippen LogP contribution in [0.1, 0.15) is 27.9 Å². The molecule has 4 rings (SSSR count). The summed E-state index contributed by atoms with van der Waals surface area (Å²) in [5.74, 6) is 0.0222. The lowest BCUT2D eigenvalue weighted by Gasteiger charge is -2.26. The Balaban J connectivity index is 1.28. The number of pyridine rings is 1. The van der Waals surface area contributed by atoms with Crippen molar-refractivity contribution < 1.29 is 14.3 Å². The molecule has 0 atom stereocenters. The van der Waals surface area contributed by atoms with Crippen molar-refractivity contribution in [3.05, 3.63) is 77.6 Å². The van der Waals surface area contributed by atoms with Crippen molar-refractivity contribution in [1.29, 1.82) is 0 Å². The lowest BCUT2D eigenvalue weighted by Crippen LogP contribution is -2.40. The third-order valence-electron chi connectivity index (χ3n) is 5.36. The number of ether oxygens (including phenoxy) is 1. The molecule has 1 aromatic heterocycles. The second-order valence-electron chi connectivity index (χ2n) is 7.40. The first-order chi connectivity index (χ1) is 14.7. The van der Waals surface area contributed by atoms with Gasteiger partial charge in [-0.15, -0.1) is 0 Å². The number of hydrogen-bond donors (Lipinski definition) is 1. The molecule has 0 radical (unpaired) electrons. The fraction of sp³-hybridized carbons (Fsp3) is 0.292. The molecule has 2 heterocycles. The first-order valence-electron chi connectivity index (χ1n) is 10.2. The highest BCUT2D eigenvalue weighted by atomic mass is 16.5. The molecule has 0 saturated carbocycles. The Morgan fingerprint density at radius 1 is 1.00 bits per heavy atom. The van der Waals surface area contributed by atoms with E-state index in [1.54, 1.807) is 0 Å². The van der Waals surface area contributed by atoms with Gasteiger partial charge in [0.05, 0.1) is 13.2 Å². The Labute approximate surface area is 175 Å². The molecule has 0 spiro atoms. The maximum Gasteiger partial charge on any atom is 0.254 e. The minimum absolute atomic E-state index is 0.00333. The molecule has 1 aliphatic heterocycles. The van der Waals surface area contributed by atoms with Crippen molar-refractivity contribution in [2.24, 2.45) is 0 Å². The molecule has 1 N–H and O–H groups in total. The van der Waals surface area contributed by atoms with Crippen LogP contribution in [-0.4, -0.2) is 48.0 Å². The summed E-state index contributed by atoms with van der Waals surface area (Å²) in [6.07, 6.45) is 4.72. The summed E-state index contributed by atoms with van der Waals surface area (Å²) in [6, 6.07) is 15.5. The Morgan fingerprint density at radius 2 is 1.77 bits per heavy atom. The van der Waals surface area contributed by atoms with Crippen LogP contribution in [0.4, 0.5) is 0 Å². The van der Waals surface area contributed by atoms with Crippen molar-refractivity contribution >= 4 is 22.6 Å². The normalized spacial score (nSPS) is 13.9. The number of fused-ring (bicyclic) bond motifs is 1. The molecule has 1 saturated heterocycles. The molecule has 0 bridgehead atoms. The van der Waals surface area contributed by atoms with Gasteiger partial charge in [0, 0.05) is 49.4 Å². The second-order valence-corrected chi connectivity index (χ2v) is 7.40. The van der Waals surface area contributed by atoms with Crippen LogP contribution < -0.4 is 5.32 Å². The van der Waals surface area contributed by atoms with E-state index in [4.69, 9.17) is 4.74 Å². The summed E-state index contributed by atoms with van der Waals surface area (Å²) in [5.41, 5.74) is 2.71. The first-order valence-corrected chi connectivity index (χ1v) is 10.2. The summed E-state index contributed by atoms with van der Waals surface area (Å²) in [5, 5.41) is 5.18. The Bertz CT molecular complexity index is 1020. The molecule has 6 nitrogen and oxygen atoms in total. The van der Waals surface area contributed by atoms with Gasteiger partial charge in [-0.05, 0) is 35.1 Å². The van der Waals surface area contributed by atoms with E-state index in [1.807, 2.05) is 59.8 Å². The topological polar surface area (TPSA) is 71.5 Å². The summed E-state index contributed by atoms with van der Waals surface area (Å²) >= 11 is 0. The molecule has 1 fully saturated rings. The predicted molar refractivity (Wildman–Crippen MR) is 115 cm³/mol. The Kier molecular flexibility index (Phi) is 6.35. The molecule has 154 valence electrons. The van der Waals surface area contributed by atoms with Crippen LogP contribution >= 0.6 is 0 Å². The van der Waals surface area contributed by atoms with Crippen molar-refractivity contribution in [3.63, 3.8) is 0 Å². The van der Waals surface area contributed by atoms with Crippen LogP contribution in [0, 0.1) is 0 Å². The van der Waals surface area contributed by atoms with E-state index >= 15 is 0 Å². The zero-order valence-electron chi connectivity index (χ0n) is 16.8. The summed E-state index contributed by atoms with van der Waals surface area (Å²) in [4.78, 5) is 30.9. The summed E-state index contributed by atoms with van der Waals surface area (Å²) < 4.78 is 5.29. The number of nitrogens with one attached hydrogen (secondary N) is 1. The predicted octanol–water partition coefficient (Wildman–Crippen LogP) is 2.96. The number of rotatable bonds is 6. The highest BCUT2D eigenvalue weighted by molar-refractivity contribution is 5.94. The number of aromatic nitrogens is 1. The molecule has 30 heavy (non-hydrogen) atoms. The summed E-state index contributed by atoms with van der Waals surface area (Å²) in [7, 11) is 0. The van der Waals surface area contributed by atoms with Crippen LogP contribution in [0.15, 0.2) is 60.9 Å². The smallest absolute Gasteiger partial charge is 0.254 e. The lowest BCUT2D eigenvalue weighted by atomic mass is 10.0. The van der Waals surface area contributed by atoms with E-state index in [-0.39, 0.29) is 11.8 Å². The van der Waals surface area contributed by atoms with Gasteiger partial charge in [0.25, 0.3) is 5.91 Å². The van der Waals surface area contributed by atoms with Crippen molar-refractivity contribution in [1.82, 2.24) is 15.2 Å². The summed E-state index contributed by atoms with van der Waals surface area (Å²) in [6.45, 7) is 2.87. The van der Waals surface area contributed by atoms with Crippen LogP contribution in [0.3, 0.4) is 0 Å². The molecule has 0 unspecified atom stereocenters. The number of carbonyl (C=O) groups is 2. The molecule has 6 heteroatoms. The molecule has 1 aliphatic rings. The van der Waals surface area contributed by atoms with E-state index < -0.39 is 0 Å². The molecule has 3 aromatic rings. The van der Waals surface area contributed by atoms with Crippen molar-refractivity contribution in [2.45, 2.75) is 19.4 Å². The van der Waals surface area contributed by atoms with Crippen LogP contribution in [0.5, 0.6) is 0 Å². The van der Waals surface area contributed by atoms with Gasteiger partial charge < -0.3 is 15.0 Å². The van der Waals surface area contributed by atoms with E-state index in [2.05, 4.69) is 16.4 Å². The fourth-order valence-corrected chi connectivity index (χ4v) is 3.63. The Morgan fingerprint density at radius 3 is 2.57 bits per heavy atom. The standard InChI is InChI=1S/C24H25N3O3/c28-23(10-9-21-17-25-16-20-3-1-2-4-22(20)21)26-15-18-5-7-19(8-6-18)24(29)27-11-13-30-14-12-27/h1-8,16-17H,9-15H2,(H,26,28). The monoisotopic (exact) mass is 403 g/mol. The van der Waals surface area contributed by atoms with Gasteiger partial charge in [0.15, 0.2) is 0 Å². The minimum Gasteiger partial charge on any atom is -0.378 e. The number of hydrogen-bond acceptors (Lipinski definition) is 4. The number of benzene rings is 2. The van der Waals surface area contributed by atoms with E-state index in [0.717, 1.165) is 21.9 Å². The molecule has 0 aliphatic carbocycles. The zero-order valence-corrected chi connectivity index (χ0v) is 16.8. The number of carbonyl (C=O) groups excluding carboxylic acids is 2. The lowest BCUT2D eigenvalue weighted by molar-refractivity contribution is -0.121. The van der Waals surface area contributed by atoms with Gasteiger partial charge in [-0.2, -0.15) is 0 Å². The van der Waals surface area contributed by atoms with Gasteiger partial charge in [-0.25, -0.2) is 0 Å². The van der Waals surface area contributed by atoms with Crippen molar-refractivity contribution in [3.8, 4) is 0 Å². The number of amides is 2. The number of nitrogens with zero attached hydrogens (tertiary/aromatic N) is 2. The third kappa shape index (κ3) is 4.83.